The van der Waals surface area contributed by atoms with Crippen molar-refractivity contribution in [3.63, 3.8) is 0 Å². The van der Waals surface area contributed by atoms with Crippen LogP contribution >= 0.6 is 11.3 Å². The molecule has 1 amide bonds. The molecule has 0 aliphatic rings. The van der Waals surface area contributed by atoms with E-state index in [1.807, 2.05) is 57.3 Å². The molecule has 0 radical (unpaired) electrons. The summed E-state index contributed by atoms with van der Waals surface area (Å²) in [6.07, 6.45) is 0.131. The lowest BCUT2D eigenvalue weighted by atomic mass is 10.2. The number of benzene rings is 1. The Bertz CT molecular complexity index is 633. The molecule has 0 saturated carbocycles. The molecule has 0 spiro atoms. The van der Waals surface area contributed by atoms with Gasteiger partial charge in [-0.3, -0.25) is 4.79 Å². The van der Waals surface area contributed by atoms with E-state index in [9.17, 15) is 4.79 Å². The Morgan fingerprint density at radius 1 is 1.32 bits per heavy atom. The van der Waals surface area contributed by atoms with Crippen LogP contribution in [-0.4, -0.2) is 35.0 Å². The van der Waals surface area contributed by atoms with Gasteiger partial charge >= 0.3 is 0 Å². The van der Waals surface area contributed by atoms with Gasteiger partial charge < -0.3 is 9.64 Å². The van der Waals surface area contributed by atoms with Gasteiger partial charge in [0.15, 0.2) is 0 Å². The predicted molar refractivity (Wildman–Crippen MR) is 90.6 cm³/mol. The summed E-state index contributed by atoms with van der Waals surface area (Å²) >= 11 is 1.48. The summed E-state index contributed by atoms with van der Waals surface area (Å²) in [7, 11) is 0. The lowest BCUT2D eigenvalue weighted by molar-refractivity contribution is 0.0768. The van der Waals surface area contributed by atoms with Crippen molar-refractivity contribution in [2.75, 3.05) is 13.1 Å². The van der Waals surface area contributed by atoms with E-state index in [1.54, 1.807) is 4.90 Å². The van der Waals surface area contributed by atoms with Gasteiger partial charge in [-0.25, -0.2) is 4.98 Å². The summed E-state index contributed by atoms with van der Waals surface area (Å²) in [5, 5.41) is 2.66. The number of thiazole rings is 1. The third-order valence-electron chi connectivity index (χ3n) is 3.23. The summed E-state index contributed by atoms with van der Waals surface area (Å²) in [6.45, 7) is 9.33. The molecular formula is C17H22N2O2S. The molecule has 0 aliphatic heterocycles. The number of carbonyl (C=O) groups excluding carboxylic acids is 1. The number of carbonyl (C=O) groups is 1. The summed E-state index contributed by atoms with van der Waals surface area (Å²) in [4.78, 5) is 18.6. The molecule has 0 N–H and O–H groups in total. The minimum Gasteiger partial charge on any atom is -0.491 e. The third kappa shape index (κ3) is 3.85. The van der Waals surface area contributed by atoms with Crippen LogP contribution < -0.4 is 4.74 Å². The molecule has 118 valence electrons. The Hall–Kier alpha value is -1.88. The zero-order chi connectivity index (χ0) is 16.1. The second kappa shape index (κ2) is 7.40. The first-order valence-electron chi connectivity index (χ1n) is 7.57. The molecule has 0 unspecified atom stereocenters. The van der Waals surface area contributed by atoms with Gasteiger partial charge in [-0.15, -0.1) is 11.3 Å². The summed E-state index contributed by atoms with van der Waals surface area (Å²) in [5.74, 6) is 0.807. The van der Waals surface area contributed by atoms with Crippen molar-refractivity contribution in [2.45, 2.75) is 33.8 Å². The van der Waals surface area contributed by atoms with Crippen LogP contribution in [0.25, 0.3) is 10.6 Å². The number of hydrogen-bond acceptors (Lipinski definition) is 4. The van der Waals surface area contributed by atoms with Gasteiger partial charge in [-0.1, -0.05) is 12.1 Å². The molecule has 1 aromatic carbocycles. The molecule has 2 rings (SSSR count). The van der Waals surface area contributed by atoms with E-state index in [1.165, 1.54) is 11.3 Å². The van der Waals surface area contributed by atoms with Gasteiger partial charge in [0.25, 0.3) is 5.91 Å². The maximum absolute atomic E-state index is 12.3. The average Bonchev–Trinajstić information content (AvgIpc) is 2.98. The number of amides is 1. The van der Waals surface area contributed by atoms with Crippen LogP contribution in [0.3, 0.4) is 0 Å². The van der Waals surface area contributed by atoms with Gasteiger partial charge in [0.2, 0.25) is 0 Å². The van der Waals surface area contributed by atoms with Crippen LogP contribution in [0, 0.1) is 0 Å². The molecule has 2 aromatic rings. The van der Waals surface area contributed by atoms with Crippen molar-refractivity contribution in [2.24, 2.45) is 0 Å². The van der Waals surface area contributed by atoms with E-state index in [-0.39, 0.29) is 12.0 Å². The lowest BCUT2D eigenvalue weighted by Gasteiger charge is -2.16. The number of nitrogens with zero attached hydrogens (tertiary/aromatic N) is 2. The van der Waals surface area contributed by atoms with E-state index >= 15 is 0 Å². The summed E-state index contributed by atoms with van der Waals surface area (Å²) in [6, 6.07) is 7.82. The second-order valence-electron chi connectivity index (χ2n) is 5.21. The third-order valence-corrected chi connectivity index (χ3v) is 4.12. The minimum absolute atomic E-state index is 0.0120. The molecular weight excluding hydrogens is 296 g/mol. The van der Waals surface area contributed by atoms with E-state index in [0.717, 1.165) is 16.3 Å². The van der Waals surface area contributed by atoms with Gasteiger partial charge in [-0.2, -0.15) is 0 Å². The van der Waals surface area contributed by atoms with Crippen molar-refractivity contribution in [3.05, 3.63) is 35.3 Å². The Morgan fingerprint density at radius 2 is 2.05 bits per heavy atom. The Morgan fingerprint density at radius 3 is 2.68 bits per heavy atom. The topological polar surface area (TPSA) is 42.4 Å². The standard InChI is InChI=1S/C17H22N2O2S/c1-5-19(6-2)17(20)15-11-22-16(18-15)13-8-7-9-14(10-13)21-12(3)4/h7-12H,5-6H2,1-4H3. The van der Waals surface area contributed by atoms with E-state index in [2.05, 4.69) is 4.98 Å². The van der Waals surface area contributed by atoms with Crippen molar-refractivity contribution >= 4 is 17.2 Å². The van der Waals surface area contributed by atoms with Crippen molar-refractivity contribution < 1.29 is 9.53 Å². The molecule has 0 saturated heterocycles. The monoisotopic (exact) mass is 318 g/mol. The van der Waals surface area contributed by atoms with Crippen LogP contribution in [0.15, 0.2) is 29.6 Å². The van der Waals surface area contributed by atoms with Gasteiger partial charge in [-0.05, 0) is 39.8 Å². The van der Waals surface area contributed by atoms with Crippen LogP contribution in [0.1, 0.15) is 38.2 Å². The number of ether oxygens (including phenoxy) is 1. The molecule has 4 nitrogen and oxygen atoms in total. The lowest BCUT2D eigenvalue weighted by Crippen LogP contribution is -2.30. The predicted octanol–water partition coefficient (Wildman–Crippen LogP) is 4.08. The maximum Gasteiger partial charge on any atom is 0.273 e. The fourth-order valence-corrected chi connectivity index (χ4v) is 2.94. The fraction of sp³-hybridized carbons (Fsp3) is 0.412. The average molecular weight is 318 g/mol. The molecule has 0 fully saturated rings. The molecule has 0 aliphatic carbocycles. The highest BCUT2D eigenvalue weighted by molar-refractivity contribution is 7.13. The summed E-state index contributed by atoms with van der Waals surface area (Å²) < 4.78 is 5.71. The van der Waals surface area contributed by atoms with Crippen LogP contribution in [0.2, 0.25) is 0 Å². The highest BCUT2D eigenvalue weighted by atomic mass is 32.1. The number of hydrogen-bond donors (Lipinski definition) is 0. The number of rotatable bonds is 6. The van der Waals surface area contributed by atoms with Gasteiger partial charge in [0.1, 0.15) is 16.5 Å². The van der Waals surface area contributed by atoms with Crippen LogP contribution in [0.5, 0.6) is 5.75 Å². The van der Waals surface area contributed by atoms with E-state index < -0.39 is 0 Å². The molecule has 5 heteroatoms. The molecule has 0 atom stereocenters. The van der Waals surface area contributed by atoms with E-state index in [4.69, 9.17) is 4.74 Å². The SMILES string of the molecule is CCN(CC)C(=O)c1csc(-c2cccc(OC(C)C)c2)n1. The highest BCUT2D eigenvalue weighted by Gasteiger charge is 2.16. The Kier molecular flexibility index (Phi) is 5.55. The quantitative estimate of drug-likeness (QED) is 0.806. The van der Waals surface area contributed by atoms with Crippen LogP contribution in [0.4, 0.5) is 0 Å². The fourth-order valence-electron chi connectivity index (χ4n) is 2.15. The van der Waals surface area contributed by atoms with Crippen molar-refractivity contribution in [1.29, 1.82) is 0 Å². The Labute approximate surface area is 135 Å². The smallest absolute Gasteiger partial charge is 0.273 e. The molecule has 1 aromatic heterocycles. The highest BCUT2D eigenvalue weighted by Crippen LogP contribution is 2.27. The molecule has 1 heterocycles. The minimum atomic E-state index is -0.0120. The Balaban J connectivity index is 2.23. The second-order valence-corrected chi connectivity index (χ2v) is 6.07. The van der Waals surface area contributed by atoms with Crippen molar-refractivity contribution in [3.8, 4) is 16.3 Å². The van der Waals surface area contributed by atoms with Gasteiger partial charge in [0, 0.05) is 24.0 Å². The summed E-state index contributed by atoms with van der Waals surface area (Å²) in [5.41, 5.74) is 1.49. The first-order valence-corrected chi connectivity index (χ1v) is 8.45. The first kappa shape index (κ1) is 16.5. The first-order chi connectivity index (χ1) is 10.5. The van der Waals surface area contributed by atoms with Crippen molar-refractivity contribution in [1.82, 2.24) is 9.88 Å². The zero-order valence-electron chi connectivity index (χ0n) is 13.5. The molecule has 22 heavy (non-hydrogen) atoms. The van der Waals surface area contributed by atoms with Gasteiger partial charge in [0.05, 0.1) is 6.10 Å². The largest absolute Gasteiger partial charge is 0.491 e. The normalized spacial score (nSPS) is 10.8. The van der Waals surface area contributed by atoms with E-state index in [0.29, 0.717) is 18.8 Å². The van der Waals surface area contributed by atoms with Crippen LogP contribution in [-0.2, 0) is 0 Å². The maximum atomic E-state index is 12.3. The zero-order valence-corrected chi connectivity index (χ0v) is 14.3. The number of aromatic nitrogens is 1. The molecule has 0 bridgehead atoms.